The van der Waals surface area contributed by atoms with E-state index in [1.165, 1.54) is 0 Å². The number of nitrogens with one attached hydrogen (secondary N) is 1. The molecule has 1 N–H and O–H groups in total. The Hall–Kier alpha value is -1.10. The van der Waals surface area contributed by atoms with Gasteiger partial charge in [0.1, 0.15) is 0 Å². The minimum absolute atomic E-state index is 0.0363. The normalized spacial score (nSPS) is 17.5. The van der Waals surface area contributed by atoms with Crippen molar-refractivity contribution in [2.75, 3.05) is 40.3 Å². The van der Waals surface area contributed by atoms with Crippen LogP contribution in [0, 0.1) is 16.7 Å². The van der Waals surface area contributed by atoms with Gasteiger partial charge < -0.3 is 15.1 Å². The van der Waals surface area contributed by atoms with E-state index in [2.05, 4.69) is 24.1 Å². The number of carbonyl (C=O) groups excluding carboxylic acids is 2. The van der Waals surface area contributed by atoms with E-state index in [1.54, 1.807) is 0 Å². The Kier molecular flexibility index (Phi) is 6.63. The molecule has 0 spiro atoms. The highest BCUT2D eigenvalue weighted by Crippen LogP contribution is 2.24. The zero-order valence-corrected chi connectivity index (χ0v) is 16.0. The van der Waals surface area contributed by atoms with Crippen molar-refractivity contribution in [2.24, 2.45) is 16.7 Å². The summed E-state index contributed by atoms with van der Waals surface area (Å²) in [6.45, 7) is 13.2. The second-order valence-electron chi connectivity index (χ2n) is 8.94. The maximum Gasteiger partial charge on any atom is 0.227 e. The summed E-state index contributed by atoms with van der Waals surface area (Å²) in [6, 6.07) is 0. The van der Waals surface area contributed by atoms with Crippen molar-refractivity contribution in [2.45, 2.75) is 47.5 Å². The van der Waals surface area contributed by atoms with E-state index in [4.69, 9.17) is 0 Å². The molecule has 1 aliphatic rings. The summed E-state index contributed by atoms with van der Waals surface area (Å²) >= 11 is 0. The van der Waals surface area contributed by atoms with Gasteiger partial charge in [0, 0.05) is 37.5 Å². The molecule has 5 nitrogen and oxygen atoms in total. The Bertz CT molecular complexity index is 416. The van der Waals surface area contributed by atoms with Gasteiger partial charge in [0.25, 0.3) is 0 Å². The van der Waals surface area contributed by atoms with Crippen LogP contribution in [0.5, 0.6) is 0 Å². The van der Waals surface area contributed by atoms with Crippen molar-refractivity contribution >= 4 is 11.8 Å². The molecule has 0 aromatic heterocycles. The van der Waals surface area contributed by atoms with Gasteiger partial charge in [-0.3, -0.25) is 9.59 Å². The molecule has 0 atom stereocenters. The fourth-order valence-electron chi connectivity index (χ4n) is 3.20. The Labute approximate surface area is 141 Å². The number of rotatable bonds is 5. The number of likely N-dealkylation sites (tertiary alicyclic amines) is 1. The molecule has 0 aliphatic carbocycles. The number of hydrogen-bond acceptors (Lipinski definition) is 3. The molecule has 1 aliphatic heterocycles. The van der Waals surface area contributed by atoms with Gasteiger partial charge in [-0.05, 0) is 32.4 Å². The second kappa shape index (κ2) is 7.65. The lowest BCUT2D eigenvalue weighted by Crippen LogP contribution is -2.48. The van der Waals surface area contributed by atoms with Crippen LogP contribution in [0.4, 0.5) is 0 Å². The van der Waals surface area contributed by atoms with Gasteiger partial charge in [0.05, 0.1) is 0 Å². The first-order chi connectivity index (χ1) is 10.4. The molecule has 1 fully saturated rings. The minimum Gasteiger partial charge on any atom is -0.355 e. The quantitative estimate of drug-likeness (QED) is 0.841. The smallest absolute Gasteiger partial charge is 0.227 e. The summed E-state index contributed by atoms with van der Waals surface area (Å²) in [5.41, 5.74) is -0.284. The number of amides is 2. The SMILES string of the molecule is CN(C)CC(C)(C)CNC(=O)C1CCN(C(=O)C(C)(C)C)CC1. The molecule has 1 saturated heterocycles. The van der Waals surface area contributed by atoms with Gasteiger partial charge in [-0.25, -0.2) is 0 Å². The third kappa shape index (κ3) is 6.50. The van der Waals surface area contributed by atoms with Crippen LogP contribution >= 0.6 is 0 Å². The zero-order valence-electron chi connectivity index (χ0n) is 16.0. The molecule has 0 aromatic rings. The van der Waals surface area contributed by atoms with Gasteiger partial charge in [-0.1, -0.05) is 34.6 Å². The van der Waals surface area contributed by atoms with E-state index in [1.807, 2.05) is 39.8 Å². The van der Waals surface area contributed by atoms with Crippen LogP contribution in [-0.2, 0) is 9.59 Å². The average molecular weight is 325 g/mol. The lowest BCUT2D eigenvalue weighted by Gasteiger charge is -2.36. The number of piperidine rings is 1. The van der Waals surface area contributed by atoms with Crippen LogP contribution in [0.15, 0.2) is 0 Å². The lowest BCUT2D eigenvalue weighted by molar-refractivity contribution is -0.142. The third-order valence-electron chi connectivity index (χ3n) is 4.28. The molecule has 1 heterocycles. The van der Waals surface area contributed by atoms with Gasteiger partial charge in [0.2, 0.25) is 11.8 Å². The molecule has 23 heavy (non-hydrogen) atoms. The van der Waals surface area contributed by atoms with Crippen molar-refractivity contribution in [3.8, 4) is 0 Å². The lowest BCUT2D eigenvalue weighted by atomic mass is 9.89. The van der Waals surface area contributed by atoms with E-state index in [0.29, 0.717) is 19.6 Å². The van der Waals surface area contributed by atoms with E-state index in [0.717, 1.165) is 19.4 Å². The van der Waals surface area contributed by atoms with E-state index in [9.17, 15) is 9.59 Å². The molecular weight excluding hydrogens is 290 g/mol. The molecule has 0 aromatic carbocycles. The highest BCUT2D eigenvalue weighted by molar-refractivity contribution is 5.82. The van der Waals surface area contributed by atoms with E-state index < -0.39 is 0 Å². The minimum atomic E-state index is -0.342. The van der Waals surface area contributed by atoms with Gasteiger partial charge in [-0.15, -0.1) is 0 Å². The van der Waals surface area contributed by atoms with E-state index >= 15 is 0 Å². The Balaban J connectivity index is 2.42. The highest BCUT2D eigenvalue weighted by Gasteiger charge is 2.32. The van der Waals surface area contributed by atoms with E-state index in [-0.39, 0.29) is 28.6 Å². The van der Waals surface area contributed by atoms with Crippen molar-refractivity contribution in [3.05, 3.63) is 0 Å². The summed E-state index contributed by atoms with van der Waals surface area (Å²) in [7, 11) is 4.09. The maximum atomic E-state index is 12.4. The van der Waals surface area contributed by atoms with Gasteiger partial charge in [0.15, 0.2) is 0 Å². The van der Waals surface area contributed by atoms with Crippen LogP contribution in [0.2, 0.25) is 0 Å². The number of carbonyl (C=O) groups is 2. The second-order valence-corrected chi connectivity index (χ2v) is 8.94. The predicted octanol–water partition coefficient (Wildman–Crippen LogP) is 1.98. The van der Waals surface area contributed by atoms with Crippen LogP contribution < -0.4 is 5.32 Å². The van der Waals surface area contributed by atoms with Gasteiger partial charge in [-0.2, -0.15) is 0 Å². The molecule has 0 saturated carbocycles. The number of nitrogens with zero attached hydrogens (tertiary/aromatic N) is 2. The summed E-state index contributed by atoms with van der Waals surface area (Å²) in [6.07, 6.45) is 1.53. The molecule has 134 valence electrons. The summed E-state index contributed by atoms with van der Waals surface area (Å²) in [5, 5.41) is 3.10. The largest absolute Gasteiger partial charge is 0.355 e. The molecule has 0 radical (unpaired) electrons. The Morgan fingerprint density at radius 1 is 1.09 bits per heavy atom. The van der Waals surface area contributed by atoms with Gasteiger partial charge >= 0.3 is 0 Å². The fraction of sp³-hybridized carbons (Fsp3) is 0.889. The first kappa shape index (κ1) is 19.9. The molecular formula is C18H35N3O2. The molecule has 0 unspecified atom stereocenters. The first-order valence-electron chi connectivity index (χ1n) is 8.64. The molecule has 1 rings (SSSR count). The fourth-order valence-corrected chi connectivity index (χ4v) is 3.20. The van der Waals surface area contributed by atoms with Crippen LogP contribution in [-0.4, -0.2) is 61.9 Å². The molecule has 5 heteroatoms. The van der Waals surface area contributed by atoms with Crippen molar-refractivity contribution in [1.82, 2.24) is 15.1 Å². The Morgan fingerprint density at radius 3 is 2.04 bits per heavy atom. The van der Waals surface area contributed by atoms with Crippen LogP contribution in [0.25, 0.3) is 0 Å². The van der Waals surface area contributed by atoms with Crippen molar-refractivity contribution in [3.63, 3.8) is 0 Å². The highest BCUT2D eigenvalue weighted by atomic mass is 16.2. The molecule has 2 amide bonds. The average Bonchev–Trinajstić information content (AvgIpc) is 2.42. The summed E-state index contributed by atoms with van der Waals surface area (Å²) in [5.74, 6) is 0.359. The third-order valence-corrected chi connectivity index (χ3v) is 4.28. The van der Waals surface area contributed by atoms with Crippen LogP contribution in [0.3, 0.4) is 0 Å². The maximum absolute atomic E-state index is 12.4. The Morgan fingerprint density at radius 2 is 1.61 bits per heavy atom. The zero-order chi connectivity index (χ0) is 17.8. The summed E-state index contributed by atoms with van der Waals surface area (Å²) < 4.78 is 0. The number of hydrogen-bond donors (Lipinski definition) is 1. The molecule has 0 bridgehead atoms. The van der Waals surface area contributed by atoms with Crippen molar-refractivity contribution in [1.29, 1.82) is 0 Å². The summed E-state index contributed by atoms with van der Waals surface area (Å²) in [4.78, 5) is 28.7. The topological polar surface area (TPSA) is 52.7 Å². The standard InChI is InChI=1S/C18H35N3O2/c1-17(2,3)16(23)21-10-8-14(9-11-21)15(22)19-12-18(4,5)13-20(6)7/h14H,8-13H2,1-7H3,(H,19,22). The first-order valence-corrected chi connectivity index (χ1v) is 8.64. The van der Waals surface area contributed by atoms with Crippen LogP contribution in [0.1, 0.15) is 47.5 Å². The predicted molar refractivity (Wildman–Crippen MR) is 94.1 cm³/mol. The monoisotopic (exact) mass is 325 g/mol. The van der Waals surface area contributed by atoms with Crippen molar-refractivity contribution < 1.29 is 9.59 Å².